The molecule has 3 aromatic rings. The summed E-state index contributed by atoms with van der Waals surface area (Å²) in [6.07, 6.45) is 12.5. The highest BCUT2D eigenvalue weighted by Gasteiger charge is 2.47. The van der Waals surface area contributed by atoms with Gasteiger partial charge in [-0.3, -0.25) is 4.98 Å². The molecule has 1 aromatic carbocycles. The first-order valence-corrected chi connectivity index (χ1v) is 14.8. The molecule has 1 aliphatic rings. The van der Waals surface area contributed by atoms with Crippen LogP contribution in [0.3, 0.4) is 0 Å². The molecule has 234 valence electrons. The van der Waals surface area contributed by atoms with Gasteiger partial charge in [0.2, 0.25) is 0 Å². The Kier molecular flexibility index (Phi) is 14.7. The van der Waals surface area contributed by atoms with Crippen LogP contribution < -0.4 is 0 Å². The summed E-state index contributed by atoms with van der Waals surface area (Å²) in [6, 6.07) is 7.03. The quantitative estimate of drug-likeness (QED) is 0.144. The fraction of sp³-hybridized carbons (Fsp3) is 0.594. The van der Waals surface area contributed by atoms with Gasteiger partial charge in [-0.2, -0.15) is 0 Å². The largest absolute Gasteiger partial charge is 0.457 e. The Balaban J connectivity index is 0.00000308. The highest BCUT2D eigenvalue weighted by Crippen LogP contribution is 2.48. The molecule has 0 fully saturated rings. The van der Waals surface area contributed by atoms with Gasteiger partial charge in [-0.25, -0.2) is 14.2 Å². The number of halogens is 3. The number of nitrogens with zero attached hydrogens (tertiary/aromatic N) is 3. The maximum atomic E-state index is 14.0. The molecule has 1 aliphatic carbocycles. The van der Waals surface area contributed by atoms with Gasteiger partial charge in [-0.05, 0) is 74.5 Å². The summed E-state index contributed by atoms with van der Waals surface area (Å²) >= 11 is 0. The minimum atomic E-state index is -0.629. The number of unbranched alkanes of at least 4 members (excludes halogenated alkanes) is 4. The highest BCUT2D eigenvalue weighted by molar-refractivity contribution is 5.85. The lowest BCUT2D eigenvalue weighted by atomic mass is 9.65. The lowest BCUT2D eigenvalue weighted by molar-refractivity contribution is -0.172. The van der Waals surface area contributed by atoms with E-state index in [4.69, 9.17) is 9.47 Å². The van der Waals surface area contributed by atoms with Crippen LogP contribution in [0.2, 0.25) is 0 Å². The van der Waals surface area contributed by atoms with E-state index in [2.05, 4.69) is 40.7 Å². The fourth-order valence-electron chi connectivity index (χ4n) is 6.39. The number of carbonyl (C=O) groups is 1. The molecule has 2 atom stereocenters. The smallest absolute Gasteiger partial charge is 0.332 e. The van der Waals surface area contributed by atoms with Gasteiger partial charge >= 0.3 is 5.97 Å². The molecule has 0 saturated carbocycles. The van der Waals surface area contributed by atoms with Gasteiger partial charge in [0.25, 0.3) is 0 Å². The summed E-state index contributed by atoms with van der Waals surface area (Å²) < 4.78 is 25.3. The Morgan fingerprint density at radius 1 is 1.14 bits per heavy atom. The SMILES string of the molecule is COCC(=O)O[C@]1(CCN(C)CCCCCCCc2nc3cnccc3[nH]2)CCc2cc(F)ccc2[C@@H]1C(C)C.Cl.Cl. The third-order valence-electron chi connectivity index (χ3n) is 8.27. The average Bonchev–Trinajstić information content (AvgIpc) is 3.34. The maximum Gasteiger partial charge on any atom is 0.332 e. The van der Waals surface area contributed by atoms with Crippen molar-refractivity contribution >= 4 is 41.8 Å². The van der Waals surface area contributed by atoms with E-state index in [1.807, 2.05) is 12.1 Å². The number of ether oxygens (including phenoxy) is 2. The molecule has 2 heterocycles. The molecule has 0 bridgehead atoms. The Morgan fingerprint density at radius 2 is 1.90 bits per heavy atom. The van der Waals surface area contributed by atoms with Crippen LogP contribution in [-0.2, 0) is 27.1 Å². The van der Waals surface area contributed by atoms with Crippen molar-refractivity contribution in [1.29, 1.82) is 0 Å². The van der Waals surface area contributed by atoms with Crippen molar-refractivity contribution in [3.63, 3.8) is 0 Å². The summed E-state index contributed by atoms with van der Waals surface area (Å²) in [5.41, 5.74) is 3.49. The Morgan fingerprint density at radius 3 is 2.64 bits per heavy atom. The fourth-order valence-corrected chi connectivity index (χ4v) is 6.39. The van der Waals surface area contributed by atoms with E-state index in [9.17, 15) is 9.18 Å². The van der Waals surface area contributed by atoms with E-state index in [0.29, 0.717) is 12.8 Å². The second-order valence-electron chi connectivity index (χ2n) is 11.7. The number of methoxy groups -OCH3 is 1. The normalized spacial score (nSPS) is 18.0. The first-order valence-electron chi connectivity index (χ1n) is 14.8. The van der Waals surface area contributed by atoms with Crippen molar-refractivity contribution in [3.8, 4) is 0 Å². The topological polar surface area (TPSA) is 80.3 Å². The number of benzene rings is 1. The second-order valence-corrected chi connectivity index (χ2v) is 11.7. The summed E-state index contributed by atoms with van der Waals surface area (Å²) in [5, 5.41) is 0. The Hall–Kier alpha value is -2.26. The predicted molar refractivity (Wildman–Crippen MR) is 170 cm³/mol. The molecular formula is C32H47Cl2FN4O3. The van der Waals surface area contributed by atoms with Gasteiger partial charge < -0.3 is 19.4 Å². The molecule has 0 aliphatic heterocycles. The van der Waals surface area contributed by atoms with Crippen molar-refractivity contribution in [2.75, 3.05) is 33.9 Å². The number of aryl methyl sites for hydroxylation is 2. The van der Waals surface area contributed by atoms with Crippen LogP contribution in [-0.4, -0.2) is 65.3 Å². The summed E-state index contributed by atoms with van der Waals surface area (Å²) in [4.78, 5) is 27.2. The number of pyridine rings is 1. The molecule has 1 N–H and O–H groups in total. The van der Waals surface area contributed by atoms with Crippen molar-refractivity contribution in [2.24, 2.45) is 5.92 Å². The van der Waals surface area contributed by atoms with Crippen LogP contribution in [0.5, 0.6) is 0 Å². The molecule has 0 amide bonds. The standard InChI is InChI=1S/C32H45FN4O3.2ClH/c1-23(2)31-26-12-11-25(33)20-24(26)13-15-32(31,40-30(38)22-39-4)16-19-37(3)18-9-7-5-6-8-10-29-35-27-14-17-34-21-28(27)36-29;;/h11-12,14,17,20-21,23,31H,5-10,13,15-16,18-19,22H2,1-4H3,(H,35,36);2*1H/t31-,32-;;/m0../s1. The van der Waals surface area contributed by atoms with E-state index in [0.717, 1.165) is 66.8 Å². The lowest BCUT2D eigenvalue weighted by Gasteiger charge is -2.47. The third kappa shape index (κ3) is 9.37. The van der Waals surface area contributed by atoms with E-state index < -0.39 is 5.60 Å². The first kappa shape index (κ1) is 35.9. The second kappa shape index (κ2) is 17.1. The number of rotatable bonds is 15. The van der Waals surface area contributed by atoms with E-state index >= 15 is 0 Å². The van der Waals surface area contributed by atoms with Crippen LogP contribution in [0.1, 0.15) is 81.7 Å². The number of fused-ring (bicyclic) bond motifs is 2. The number of hydrogen-bond donors (Lipinski definition) is 1. The van der Waals surface area contributed by atoms with Crippen molar-refractivity contribution in [3.05, 3.63) is 59.4 Å². The van der Waals surface area contributed by atoms with E-state index in [-0.39, 0.29) is 55.0 Å². The van der Waals surface area contributed by atoms with Gasteiger partial charge in [0.15, 0.2) is 0 Å². The number of H-pyrrole nitrogens is 1. The third-order valence-corrected chi connectivity index (χ3v) is 8.27. The number of aromatic amines is 1. The molecule has 0 unspecified atom stereocenters. The van der Waals surface area contributed by atoms with E-state index in [1.54, 1.807) is 18.5 Å². The number of nitrogens with one attached hydrogen (secondary N) is 1. The van der Waals surface area contributed by atoms with Gasteiger partial charge in [-0.1, -0.05) is 39.2 Å². The van der Waals surface area contributed by atoms with Gasteiger partial charge in [0.1, 0.15) is 29.4 Å². The monoisotopic (exact) mass is 624 g/mol. The summed E-state index contributed by atoms with van der Waals surface area (Å²) in [6.45, 7) is 6.11. The van der Waals surface area contributed by atoms with Crippen molar-refractivity contribution in [1.82, 2.24) is 19.9 Å². The van der Waals surface area contributed by atoms with Crippen LogP contribution >= 0.6 is 24.8 Å². The number of hydrogen-bond acceptors (Lipinski definition) is 6. The van der Waals surface area contributed by atoms with Gasteiger partial charge in [-0.15, -0.1) is 24.8 Å². The van der Waals surface area contributed by atoms with E-state index in [1.165, 1.54) is 32.4 Å². The van der Waals surface area contributed by atoms with Crippen LogP contribution in [0, 0.1) is 11.7 Å². The molecule has 2 aromatic heterocycles. The molecule has 10 heteroatoms. The molecule has 4 rings (SSSR count). The first-order chi connectivity index (χ1) is 19.3. The summed E-state index contributed by atoms with van der Waals surface area (Å²) in [5.74, 6) is 0.742. The minimum absolute atomic E-state index is 0. The van der Waals surface area contributed by atoms with Crippen LogP contribution in [0.25, 0.3) is 11.0 Å². The number of aromatic nitrogens is 3. The number of esters is 1. The molecule has 7 nitrogen and oxygen atoms in total. The maximum absolute atomic E-state index is 14.0. The van der Waals surface area contributed by atoms with Gasteiger partial charge in [0.05, 0.1) is 11.7 Å². The Bertz CT molecular complexity index is 1220. The zero-order valence-corrected chi connectivity index (χ0v) is 27.0. The Labute approximate surface area is 262 Å². The van der Waals surface area contributed by atoms with Crippen LogP contribution in [0.4, 0.5) is 4.39 Å². The van der Waals surface area contributed by atoms with Crippen LogP contribution in [0.15, 0.2) is 36.7 Å². The number of carbonyl (C=O) groups excluding carboxylic acids is 1. The molecular weight excluding hydrogens is 578 g/mol. The van der Waals surface area contributed by atoms with Crippen molar-refractivity contribution < 1.29 is 18.7 Å². The van der Waals surface area contributed by atoms with Crippen molar-refractivity contribution in [2.45, 2.75) is 83.2 Å². The molecule has 0 radical (unpaired) electrons. The average molecular weight is 626 g/mol. The molecule has 0 saturated heterocycles. The number of imidazole rings is 1. The summed E-state index contributed by atoms with van der Waals surface area (Å²) in [7, 11) is 3.66. The molecule has 0 spiro atoms. The minimum Gasteiger partial charge on any atom is -0.457 e. The zero-order valence-electron chi connectivity index (χ0n) is 25.4. The zero-order chi connectivity index (χ0) is 28.5. The highest BCUT2D eigenvalue weighted by atomic mass is 35.5. The predicted octanol–water partition coefficient (Wildman–Crippen LogP) is 7.07. The molecule has 42 heavy (non-hydrogen) atoms. The lowest BCUT2D eigenvalue weighted by Crippen LogP contribution is -2.49. The van der Waals surface area contributed by atoms with Gasteiger partial charge in [0, 0.05) is 38.6 Å².